The lowest BCUT2D eigenvalue weighted by Gasteiger charge is -2.03. The van der Waals surface area contributed by atoms with Crippen molar-refractivity contribution < 1.29 is 18.3 Å². The van der Waals surface area contributed by atoms with Gasteiger partial charge in [0.2, 0.25) is 9.84 Å². The van der Waals surface area contributed by atoms with Crippen LogP contribution in [-0.2, 0) is 14.6 Å². The van der Waals surface area contributed by atoms with E-state index in [1.165, 1.54) is 6.08 Å². The highest BCUT2D eigenvalue weighted by Crippen LogP contribution is 2.32. The van der Waals surface area contributed by atoms with Crippen molar-refractivity contribution in [3.05, 3.63) is 53.0 Å². The summed E-state index contributed by atoms with van der Waals surface area (Å²) in [5, 5.41) is 8.73. The van der Waals surface area contributed by atoms with E-state index in [-0.39, 0.29) is 4.91 Å². The van der Waals surface area contributed by atoms with Crippen LogP contribution < -0.4 is 0 Å². The Morgan fingerprint density at radius 3 is 2.19 bits per heavy atom. The van der Waals surface area contributed by atoms with E-state index in [4.69, 9.17) is 5.11 Å². The minimum Gasteiger partial charge on any atom is -0.477 e. The van der Waals surface area contributed by atoms with Gasteiger partial charge in [0.15, 0.2) is 4.91 Å². The van der Waals surface area contributed by atoms with Crippen LogP contribution in [0.1, 0.15) is 5.56 Å². The Labute approximate surface area is 92.5 Å². The predicted octanol–water partition coefficient (Wildman–Crippen LogP) is 1.42. The van der Waals surface area contributed by atoms with Crippen molar-refractivity contribution in [2.24, 2.45) is 0 Å². The van der Waals surface area contributed by atoms with Gasteiger partial charge < -0.3 is 5.11 Å². The lowest BCUT2D eigenvalue weighted by Crippen LogP contribution is -2.10. The fourth-order valence-corrected chi connectivity index (χ4v) is 2.90. The third kappa shape index (κ3) is 1.55. The number of hydrogen-bond acceptors (Lipinski definition) is 3. The van der Waals surface area contributed by atoms with Gasteiger partial charge in [-0.25, -0.2) is 13.2 Å². The molecule has 1 heterocycles. The number of benzene rings is 1. The molecule has 0 spiro atoms. The summed E-state index contributed by atoms with van der Waals surface area (Å²) in [7, 11) is -3.86. The number of aliphatic carboxylic acids is 1. The number of rotatable bonds is 2. The van der Waals surface area contributed by atoms with Crippen LogP contribution >= 0.6 is 0 Å². The smallest absolute Gasteiger partial charge is 0.347 e. The molecular weight excluding hydrogens is 228 g/mol. The largest absolute Gasteiger partial charge is 0.477 e. The van der Waals surface area contributed by atoms with Crippen molar-refractivity contribution >= 4 is 20.7 Å². The average Bonchev–Trinajstić information content (AvgIpc) is 2.55. The molecule has 5 heteroatoms. The molecule has 0 saturated carbocycles. The first-order chi connectivity index (χ1) is 7.53. The van der Waals surface area contributed by atoms with E-state index in [9.17, 15) is 13.2 Å². The Balaban J connectivity index is 2.49. The number of hydrogen-bond donors (Lipinski definition) is 1. The maximum absolute atomic E-state index is 11.8. The number of carbonyl (C=O) groups is 1. The van der Waals surface area contributed by atoms with Crippen molar-refractivity contribution in [2.75, 3.05) is 0 Å². The molecule has 0 radical (unpaired) electrons. The van der Waals surface area contributed by atoms with Gasteiger partial charge in [0.25, 0.3) is 0 Å². The van der Waals surface area contributed by atoms with Crippen LogP contribution in [-0.4, -0.2) is 19.5 Å². The summed E-state index contributed by atoms with van der Waals surface area (Å²) >= 11 is 0. The molecule has 0 aromatic heterocycles. The van der Waals surface area contributed by atoms with Crippen LogP contribution in [0.15, 0.2) is 47.4 Å². The average molecular weight is 236 g/mol. The van der Waals surface area contributed by atoms with Gasteiger partial charge in [-0.3, -0.25) is 0 Å². The fourth-order valence-electron chi connectivity index (χ4n) is 1.49. The molecule has 1 aliphatic heterocycles. The molecule has 16 heavy (non-hydrogen) atoms. The second-order valence-corrected chi connectivity index (χ2v) is 5.12. The van der Waals surface area contributed by atoms with E-state index in [2.05, 4.69) is 0 Å². The van der Waals surface area contributed by atoms with E-state index in [1.807, 2.05) is 0 Å². The zero-order chi connectivity index (χ0) is 11.8. The molecule has 0 atom stereocenters. The minimum absolute atomic E-state index is 0.0329. The first kappa shape index (κ1) is 10.6. The van der Waals surface area contributed by atoms with E-state index in [1.54, 1.807) is 30.3 Å². The molecule has 0 bridgehead atoms. The molecule has 0 amide bonds. The lowest BCUT2D eigenvalue weighted by atomic mass is 10.2. The molecule has 2 rings (SSSR count). The summed E-state index contributed by atoms with van der Waals surface area (Å²) in [5.74, 6) is -1.43. The van der Waals surface area contributed by atoms with Crippen LogP contribution in [0.25, 0.3) is 4.91 Å². The highest BCUT2D eigenvalue weighted by atomic mass is 32.2. The van der Waals surface area contributed by atoms with Crippen molar-refractivity contribution in [3.63, 3.8) is 0 Å². The summed E-state index contributed by atoms with van der Waals surface area (Å²) in [6, 6.07) is 8.41. The normalized spacial score (nSPS) is 17.8. The van der Waals surface area contributed by atoms with Gasteiger partial charge in [-0.1, -0.05) is 30.3 Å². The molecule has 0 fully saturated rings. The Hall–Kier alpha value is -1.88. The Kier molecular flexibility index (Phi) is 2.40. The maximum atomic E-state index is 11.8. The van der Waals surface area contributed by atoms with Crippen molar-refractivity contribution in [1.29, 1.82) is 0 Å². The third-order valence-corrected chi connectivity index (χ3v) is 4.07. The number of allylic oxidation sites excluding steroid dienone is 2. The molecule has 1 aromatic rings. The zero-order valence-corrected chi connectivity index (χ0v) is 8.94. The lowest BCUT2D eigenvalue weighted by molar-refractivity contribution is -0.131. The molecule has 82 valence electrons. The summed E-state index contributed by atoms with van der Waals surface area (Å²) in [5.41, 5.74) is 0.495. The first-order valence-corrected chi connectivity index (χ1v) is 5.97. The SMILES string of the molecule is O=C(O)C1=CC=C(c2ccccc2)S1(=O)=O. The van der Waals surface area contributed by atoms with Gasteiger partial charge in [-0.15, -0.1) is 0 Å². The second-order valence-electron chi connectivity index (χ2n) is 3.24. The number of carboxylic acids is 1. The first-order valence-electron chi connectivity index (χ1n) is 4.49. The highest BCUT2D eigenvalue weighted by molar-refractivity contribution is 8.05. The van der Waals surface area contributed by atoms with Crippen LogP contribution in [0, 0.1) is 0 Å². The van der Waals surface area contributed by atoms with Gasteiger partial charge in [0.05, 0.1) is 4.91 Å². The van der Waals surface area contributed by atoms with Crippen molar-refractivity contribution in [3.8, 4) is 0 Å². The third-order valence-electron chi connectivity index (χ3n) is 2.23. The number of carboxylic acid groups (broad SMARTS) is 1. The van der Waals surface area contributed by atoms with Gasteiger partial charge in [0, 0.05) is 0 Å². The molecule has 0 saturated heterocycles. The molecule has 0 aliphatic carbocycles. The van der Waals surface area contributed by atoms with E-state index >= 15 is 0 Å². The van der Waals surface area contributed by atoms with Gasteiger partial charge >= 0.3 is 5.97 Å². The number of sulfone groups is 1. The fraction of sp³-hybridized carbons (Fsp3) is 0. The van der Waals surface area contributed by atoms with Gasteiger partial charge in [0.1, 0.15) is 0 Å². The second kappa shape index (κ2) is 3.61. The van der Waals surface area contributed by atoms with Crippen molar-refractivity contribution in [1.82, 2.24) is 0 Å². The van der Waals surface area contributed by atoms with Crippen LogP contribution in [0.4, 0.5) is 0 Å². The predicted molar refractivity (Wildman–Crippen MR) is 59.1 cm³/mol. The maximum Gasteiger partial charge on any atom is 0.347 e. The van der Waals surface area contributed by atoms with Crippen LogP contribution in [0.2, 0.25) is 0 Å². The summed E-state index contributed by atoms with van der Waals surface area (Å²) in [6.45, 7) is 0. The van der Waals surface area contributed by atoms with Gasteiger partial charge in [-0.05, 0) is 17.7 Å². The Morgan fingerprint density at radius 2 is 1.69 bits per heavy atom. The molecule has 1 aromatic carbocycles. The molecule has 1 aliphatic rings. The molecular formula is C11H8O4S. The van der Waals surface area contributed by atoms with E-state index in [0.717, 1.165) is 6.08 Å². The van der Waals surface area contributed by atoms with Crippen LogP contribution in [0.3, 0.4) is 0 Å². The van der Waals surface area contributed by atoms with Crippen LogP contribution in [0.5, 0.6) is 0 Å². The topological polar surface area (TPSA) is 71.4 Å². The molecule has 1 N–H and O–H groups in total. The van der Waals surface area contributed by atoms with E-state index in [0.29, 0.717) is 5.56 Å². The molecule has 4 nitrogen and oxygen atoms in total. The Morgan fingerprint density at radius 1 is 1.06 bits per heavy atom. The summed E-state index contributed by atoms with van der Waals surface area (Å²) in [4.78, 5) is 10.2. The minimum atomic E-state index is -3.86. The van der Waals surface area contributed by atoms with Gasteiger partial charge in [-0.2, -0.15) is 0 Å². The quantitative estimate of drug-likeness (QED) is 0.843. The Bertz CT molecular complexity index is 594. The van der Waals surface area contributed by atoms with Crippen molar-refractivity contribution in [2.45, 2.75) is 0 Å². The zero-order valence-electron chi connectivity index (χ0n) is 8.12. The van der Waals surface area contributed by atoms with E-state index < -0.39 is 20.7 Å². The standard InChI is InChI=1S/C11H8O4S/c12-11(13)10-7-6-9(16(10,14)15)8-4-2-1-3-5-8/h1-7H,(H,12,13). The monoisotopic (exact) mass is 236 g/mol. The molecule has 0 unspecified atom stereocenters. The highest BCUT2D eigenvalue weighted by Gasteiger charge is 2.32. The summed E-state index contributed by atoms with van der Waals surface area (Å²) in [6.07, 6.45) is 2.42. The summed E-state index contributed by atoms with van der Waals surface area (Å²) < 4.78 is 23.6.